The van der Waals surface area contributed by atoms with Crippen LogP contribution in [0.15, 0.2) is 24.3 Å². The summed E-state index contributed by atoms with van der Waals surface area (Å²) >= 11 is 1.91. The van der Waals surface area contributed by atoms with Gasteiger partial charge in [0.2, 0.25) is 0 Å². The first-order valence-electron chi connectivity index (χ1n) is 5.45. The number of nitrogens with one attached hydrogen (secondary N) is 1. The number of benzene rings is 1. The number of hydrogen-bond acceptors (Lipinski definition) is 3. The van der Waals surface area contributed by atoms with E-state index in [0.29, 0.717) is 17.4 Å². The van der Waals surface area contributed by atoms with E-state index in [1.54, 1.807) is 18.2 Å². The Balaban J connectivity index is 1.90. The number of thioether (sulfide) groups is 1. The van der Waals surface area contributed by atoms with Gasteiger partial charge in [0.05, 0.1) is 5.56 Å². The second-order valence-corrected chi connectivity index (χ2v) is 5.27. The monoisotopic (exact) mass is 237 g/mol. The molecule has 1 heterocycles. The quantitative estimate of drug-likeness (QED) is 0.845. The van der Waals surface area contributed by atoms with Gasteiger partial charge >= 0.3 is 0 Å². The SMILES string of the molecule is O=C(NCC1CCCS1)c1ccccc1O. The number of carbonyl (C=O) groups is 1. The number of carbonyl (C=O) groups excluding carboxylic acids is 1. The Kier molecular flexibility index (Phi) is 3.72. The average Bonchev–Trinajstić information content (AvgIpc) is 2.79. The molecule has 0 radical (unpaired) electrons. The van der Waals surface area contributed by atoms with Crippen molar-refractivity contribution in [3.05, 3.63) is 29.8 Å². The van der Waals surface area contributed by atoms with Gasteiger partial charge < -0.3 is 10.4 Å². The molecule has 2 rings (SSSR count). The molecule has 1 unspecified atom stereocenters. The Bertz CT molecular complexity index is 375. The van der Waals surface area contributed by atoms with E-state index in [2.05, 4.69) is 5.32 Å². The molecule has 0 spiro atoms. The zero-order chi connectivity index (χ0) is 11.4. The van der Waals surface area contributed by atoms with Crippen LogP contribution in [0.3, 0.4) is 0 Å². The molecule has 0 aromatic heterocycles. The van der Waals surface area contributed by atoms with Gasteiger partial charge in [0.1, 0.15) is 5.75 Å². The molecule has 0 aliphatic carbocycles. The van der Waals surface area contributed by atoms with Crippen LogP contribution in [0, 0.1) is 0 Å². The van der Waals surface area contributed by atoms with Crippen LogP contribution in [0.5, 0.6) is 5.75 Å². The standard InChI is InChI=1S/C12H15NO2S/c14-11-6-2-1-5-10(11)12(15)13-8-9-4-3-7-16-9/h1-2,5-6,9,14H,3-4,7-8H2,(H,13,15). The van der Waals surface area contributed by atoms with Gasteiger partial charge in [0.15, 0.2) is 0 Å². The lowest BCUT2D eigenvalue weighted by Crippen LogP contribution is -2.29. The summed E-state index contributed by atoms with van der Waals surface area (Å²) in [7, 11) is 0. The van der Waals surface area contributed by atoms with Gasteiger partial charge in [-0.1, -0.05) is 12.1 Å². The van der Waals surface area contributed by atoms with E-state index < -0.39 is 0 Å². The van der Waals surface area contributed by atoms with Gasteiger partial charge in [0.25, 0.3) is 5.91 Å². The molecule has 0 saturated carbocycles. The minimum atomic E-state index is -0.189. The maximum Gasteiger partial charge on any atom is 0.255 e. The van der Waals surface area contributed by atoms with Gasteiger partial charge in [-0.15, -0.1) is 0 Å². The molecule has 2 N–H and O–H groups in total. The summed E-state index contributed by atoms with van der Waals surface area (Å²) in [5.41, 5.74) is 0.352. The Hall–Kier alpha value is -1.16. The van der Waals surface area contributed by atoms with E-state index in [4.69, 9.17) is 0 Å². The maximum absolute atomic E-state index is 11.7. The van der Waals surface area contributed by atoms with E-state index in [-0.39, 0.29) is 11.7 Å². The molecular weight excluding hydrogens is 222 g/mol. The highest BCUT2D eigenvalue weighted by molar-refractivity contribution is 8.00. The number of phenolic OH excluding ortho intramolecular Hbond substituents is 1. The van der Waals surface area contributed by atoms with Gasteiger partial charge in [0, 0.05) is 11.8 Å². The van der Waals surface area contributed by atoms with Crippen molar-refractivity contribution in [1.29, 1.82) is 0 Å². The van der Waals surface area contributed by atoms with Gasteiger partial charge in [-0.3, -0.25) is 4.79 Å². The molecule has 1 saturated heterocycles. The minimum Gasteiger partial charge on any atom is -0.507 e. The van der Waals surface area contributed by atoms with E-state index >= 15 is 0 Å². The largest absolute Gasteiger partial charge is 0.507 e. The number of phenols is 1. The Morgan fingerprint density at radius 1 is 1.50 bits per heavy atom. The number of hydrogen-bond donors (Lipinski definition) is 2. The predicted molar refractivity (Wildman–Crippen MR) is 65.9 cm³/mol. The van der Waals surface area contributed by atoms with Crippen LogP contribution in [-0.4, -0.2) is 28.6 Å². The van der Waals surface area contributed by atoms with E-state index in [1.165, 1.54) is 24.7 Å². The average molecular weight is 237 g/mol. The van der Waals surface area contributed by atoms with Crippen LogP contribution >= 0.6 is 11.8 Å². The Morgan fingerprint density at radius 3 is 3.00 bits per heavy atom. The minimum absolute atomic E-state index is 0.0408. The maximum atomic E-state index is 11.7. The van der Waals surface area contributed by atoms with Crippen molar-refractivity contribution >= 4 is 17.7 Å². The molecule has 86 valence electrons. The Labute approximate surface area is 99.2 Å². The number of aromatic hydroxyl groups is 1. The second kappa shape index (κ2) is 5.25. The summed E-state index contributed by atoms with van der Waals surface area (Å²) in [6, 6.07) is 6.61. The molecule has 4 heteroatoms. The van der Waals surface area contributed by atoms with Crippen LogP contribution in [-0.2, 0) is 0 Å². The van der Waals surface area contributed by atoms with Crippen molar-refractivity contribution in [2.24, 2.45) is 0 Å². The number of amides is 1. The highest BCUT2D eigenvalue weighted by Gasteiger charge is 2.17. The summed E-state index contributed by atoms with van der Waals surface area (Å²) < 4.78 is 0. The molecule has 1 atom stereocenters. The third-order valence-electron chi connectivity index (χ3n) is 2.66. The molecule has 1 aromatic carbocycles. The summed E-state index contributed by atoms with van der Waals surface area (Å²) in [5, 5.41) is 12.9. The molecular formula is C12H15NO2S. The highest BCUT2D eigenvalue weighted by atomic mass is 32.2. The fraction of sp³-hybridized carbons (Fsp3) is 0.417. The first kappa shape index (κ1) is 11.3. The molecule has 16 heavy (non-hydrogen) atoms. The van der Waals surface area contributed by atoms with E-state index in [1.807, 2.05) is 11.8 Å². The van der Waals surface area contributed by atoms with Crippen molar-refractivity contribution in [3.63, 3.8) is 0 Å². The summed E-state index contributed by atoms with van der Waals surface area (Å²) in [6.45, 7) is 0.692. The molecule has 1 amide bonds. The lowest BCUT2D eigenvalue weighted by atomic mass is 10.2. The third kappa shape index (κ3) is 2.70. The molecule has 1 aromatic rings. The molecule has 1 aliphatic heterocycles. The zero-order valence-corrected chi connectivity index (χ0v) is 9.80. The van der Waals surface area contributed by atoms with E-state index in [0.717, 1.165) is 0 Å². The molecule has 1 fully saturated rings. The lowest BCUT2D eigenvalue weighted by molar-refractivity contribution is 0.0951. The van der Waals surface area contributed by atoms with Crippen molar-refractivity contribution in [2.45, 2.75) is 18.1 Å². The smallest absolute Gasteiger partial charge is 0.255 e. The molecule has 3 nitrogen and oxygen atoms in total. The molecule has 0 bridgehead atoms. The van der Waals surface area contributed by atoms with Crippen molar-refractivity contribution in [3.8, 4) is 5.75 Å². The summed E-state index contributed by atoms with van der Waals surface area (Å²) in [6.07, 6.45) is 2.41. The second-order valence-electron chi connectivity index (χ2n) is 3.86. The summed E-state index contributed by atoms with van der Waals surface area (Å²) in [5.74, 6) is 1.04. The van der Waals surface area contributed by atoms with Gasteiger partial charge in [-0.2, -0.15) is 11.8 Å². The topological polar surface area (TPSA) is 49.3 Å². The number of para-hydroxylation sites is 1. The normalized spacial score (nSPS) is 19.6. The lowest BCUT2D eigenvalue weighted by Gasteiger charge is -2.10. The van der Waals surface area contributed by atoms with Crippen molar-refractivity contribution < 1.29 is 9.90 Å². The first-order chi connectivity index (χ1) is 7.77. The number of rotatable bonds is 3. The first-order valence-corrected chi connectivity index (χ1v) is 6.50. The van der Waals surface area contributed by atoms with Crippen molar-refractivity contribution in [1.82, 2.24) is 5.32 Å². The van der Waals surface area contributed by atoms with Gasteiger partial charge in [-0.05, 0) is 30.7 Å². The molecule has 1 aliphatic rings. The van der Waals surface area contributed by atoms with Crippen LogP contribution in [0.25, 0.3) is 0 Å². The van der Waals surface area contributed by atoms with E-state index in [9.17, 15) is 9.90 Å². The fourth-order valence-electron chi connectivity index (χ4n) is 1.77. The highest BCUT2D eigenvalue weighted by Crippen LogP contribution is 2.25. The third-order valence-corrected chi connectivity index (χ3v) is 4.06. The zero-order valence-electron chi connectivity index (χ0n) is 8.98. The summed E-state index contributed by atoms with van der Waals surface area (Å²) in [4.78, 5) is 11.7. The van der Waals surface area contributed by atoms with Gasteiger partial charge in [-0.25, -0.2) is 0 Å². The van der Waals surface area contributed by atoms with Crippen LogP contribution in [0.1, 0.15) is 23.2 Å². The van der Waals surface area contributed by atoms with Crippen LogP contribution in [0.2, 0.25) is 0 Å². The van der Waals surface area contributed by atoms with Crippen molar-refractivity contribution in [2.75, 3.05) is 12.3 Å². The Morgan fingerprint density at radius 2 is 2.31 bits per heavy atom. The van der Waals surface area contributed by atoms with Crippen LogP contribution in [0.4, 0.5) is 0 Å². The fourth-order valence-corrected chi connectivity index (χ4v) is 2.97. The van der Waals surface area contributed by atoms with Crippen LogP contribution < -0.4 is 5.32 Å². The predicted octanol–water partition coefficient (Wildman–Crippen LogP) is 2.02.